The van der Waals surface area contributed by atoms with Gasteiger partial charge in [0, 0.05) is 4.90 Å². The fraction of sp³-hybridized carbons (Fsp3) is 0.222. The molecule has 2 rings (SSSR count). The van der Waals surface area contributed by atoms with Crippen LogP contribution >= 0.6 is 11.8 Å². The fourth-order valence-electron chi connectivity index (χ4n) is 1.79. The summed E-state index contributed by atoms with van der Waals surface area (Å²) in [7, 11) is 0. The van der Waals surface area contributed by atoms with Crippen molar-refractivity contribution in [3.8, 4) is 0 Å². The predicted octanol–water partition coefficient (Wildman–Crippen LogP) is 3.93. The van der Waals surface area contributed by atoms with E-state index in [1.807, 2.05) is 69.3 Å². The van der Waals surface area contributed by atoms with Gasteiger partial charge in [-0.05, 0) is 38.5 Å². The Bertz CT molecular complexity index is 648. The zero-order valence-electron chi connectivity index (χ0n) is 13.0. The van der Waals surface area contributed by atoms with Gasteiger partial charge in [-0.1, -0.05) is 47.5 Å². The van der Waals surface area contributed by atoms with Crippen LogP contribution in [0.2, 0.25) is 0 Å². The minimum Gasteiger partial charge on any atom is -0.272 e. The topological polar surface area (TPSA) is 41.5 Å². The third-order valence-corrected chi connectivity index (χ3v) is 4.28. The molecule has 0 aliphatic heterocycles. The molecular weight excluding hydrogens is 292 g/mol. The van der Waals surface area contributed by atoms with E-state index in [-0.39, 0.29) is 11.2 Å². The maximum absolute atomic E-state index is 12.0. The summed E-state index contributed by atoms with van der Waals surface area (Å²) < 4.78 is 0. The van der Waals surface area contributed by atoms with Gasteiger partial charge in [-0.3, -0.25) is 4.79 Å². The Morgan fingerprint density at radius 3 is 2.18 bits per heavy atom. The van der Waals surface area contributed by atoms with E-state index in [1.54, 1.807) is 6.21 Å². The van der Waals surface area contributed by atoms with Crippen molar-refractivity contribution in [1.82, 2.24) is 5.43 Å². The van der Waals surface area contributed by atoms with Crippen molar-refractivity contribution in [2.24, 2.45) is 5.10 Å². The Labute approximate surface area is 135 Å². The molecule has 0 fully saturated rings. The number of carbonyl (C=O) groups excluding carboxylic acids is 1. The van der Waals surface area contributed by atoms with Crippen LogP contribution in [0.4, 0.5) is 0 Å². The van der Waals surface area contributed by atoms with Gasteiger partial charge in [-0.25, -0.2) is 5.43 Å². The molecule has 0 radical (unpaired) electrons. The SMILES string of the molecule is Cc1ccc(/C=N\NC(=O)[C@H](C)Sc2ccc(C)cc2)cc1. The van der Waals surface area contributed by atoms with Crippen LogP contribution in [0.3, 0.4) is 0 Å². The van der Waals surface area contributed by atoms with Crippen LogP contribution in [0.1, 0.15) is 23.6 Å². The Morgan fingerprint density at radius 1 is 1.05 bits per heavy atom. The van der Waals surface area contributed by atoms with Gasteiger partial charge in [0.05, 0.1) is 11.5 Å². The molecule has 0 saturated heterocycles. The van der Waals surface area contributed by atoms with Crippen molar-refractivity contribution in [3.05, 3.63) is 65.2 Å². The molecule has 0 aromatic heterocycles. The number of carbonyl (C=O) groups is 1. The number of hydrazone groups is 1. The lowest BCUT2D eigenvalue weighted by atomic mass is 10.2. The molecule has 0 saturated carbocycles. The maximum atomic E-state index is 12.0. The molecule has 1 N–H and O–H groups in total. The minimum atomic E-state index is -0.196. The monoisotopic (exact) mass is 312 g/mol. The number of rotatable bonds is 5. The third-order valence-electron chi connectivity index (χ3n) is 3.17. The second-order valence-electron chi connectivity index (χ2n) is 5.22. The molecule has 0 heterocycles. The van der Waals surface area contributed by atoms with Gasteiger partial charge in [0.1, 0.15) is 0 Å². The van der Waals surface area contributed by atoms with Gasteiger partial charge in [-0.2, -0.15) is 5.10 Å². The van der Waals surface area contributed by atoms with E-state index in [4.69, 9.17) is 0 Å². The average molecular weight is 312 g/mol. The summed E-state index contributed by atoms with van der Waals surface area (Å²) in [5, 5.41) is 3.81. The Morgan fingerprint density at radius 2 is 1.59 bits per heavy atom. The van der Waals surface area contributed by atoms with E-state index in [0.29, 0.717) is 0 Å². The summed E-state index contributed by atoms with van der Waals surface area (Å²) in [4.78, 5) is 13.1. The molecule has 0 spiro atoms. The molecule has 22 heavy (non-hydrogen) atoms. The van der Waals surface area contributed by atoms with Gasteiger partial charge in [0.2, 0.25) is 0 Å². The van der Waals surface area contributed by atoms with Crippen LogP contribution in [0.5, 0.6) is 0 Å². The molecule has 0 bridgehead atoms. The van der Waals surface area contributed by atoms with Gasteiger partial charge in [0.25, 0.3) is 5.91 Å². The first-order chi connectivity index (χ1) is 10.5. The van der Waals surface area contributed by atoms with Crippen molar-refractivity contribution < 1.29 is 4.79 Å². The third kappa shape index (κ3) is 5.04. The second kappa shape index (κ2) is 7.80. The zero-order chi connectivity index (χ0) is 15.9. The van der Waals surface area contributed by atoms with Crippen molar-refractivity contribution in [2.75, 3.05) is 0 Å². The number of hydrogen-bond donors (Lipinski definition) is 1. The fourth-order valence-corrected chi connectivity index (χ4v) is 2.65. The number of amides is 1. The first-order valence-corrected chi connectivity index (χ1v) is 8.05. The van der Waals surface area contributed by atoms with E-state index in [2.05, 4.69) is 10.5 Å². The highest BCUT2D eigenvalue weighted by molar-refractivity contribution is 8.00. The predicted molar refractivity (Wildman–Crippen MR) is 93.4 cm³/mol. The molecule has 1 atom stereocenters. The van der Waals surface area contributed by atoms with Crippen molar-refractivity contribution in [1.29, 1.82) is 0 Å². The summed E-state index contributed by atoms with van der Waals surface area (Å²) in [5.74, 6) is -0.103. The van der Waals surface area contributed by atoms with Crippen LogP contribution in [0.25, 0.3) is 0 Å². The van der Waals surface area contributed by atoms with Crippen LogP contribution in [-0.4, -0.2) is 17.4 Å². The maximum Gasteiger partial charge on any atom is 0.253 e. The normalized spacial score (nSPS) is 12.3. The first-order valence-electron chi connectivity index (χ1n) is 7.17. The highest BCUT2D eigenvalue weighted by Gasteiger charge is 2.13. The van der Waals surface area contributed by atoms with Crippen LogP contribution < -0.4 is 5.43 Å². The smallest absolute Gasteiger partial charge is 0.253 e. The molecule has 4 heteroatoms. The van der Waals surface area contributed by atoms with E-state index in [0.717, 1.165) is 10.5 Å². The molecule has 2 aromatic rings. The number of nitrogens with one attached hydrogen (secondary N) is 1. The molecule has 114 valence electrons. The second-order valence-corrected chi connectivity index (χ2v) is 6.63. The molecule has 0 aliphatic carbocycles. The van der Waals surface area contributed by atoms with E-state index in [1.165, 1.54) is 22.9 Å². The molecule has 1 amide bonds. The van der Waals surface area contributed by atoms with Crippen molar-refractivity contribution >= 4 is 23.9 Å². The minimum absolute atomic E-state index is 0.103. The Hall–Kier alpha value is -2.07. The van der Waals surface area contributed by atoms with E-state index < -0.39 is 0 Å². The lowest BCUT2D eigenvalue weighted by Crippen LogP contribution is -2.26. The first kappa shape index (κ1) is 16.3. The number of benzene rings is 2. The zero-order valence-corrected chi connectivity index (χ0v) is 13.9. The molecule has 0 unspecified atom stereocenters. The van der Waals surface area contributed by atoms with Crippen LogP contribution in [-0.2, 0) is 4.79 Å². The number of hydrogen-bond acceptors (Lipinski definition) is 3. The van der Waals surface area contributed by atoms with Crippen molar-refractivity contribution in [2.45, 2.75) is 30.9 Å². The summed E-state index contributed by atoms with van der Waals surface area (Å²) in [6.45, 7) is 5.96. The van der Waals surface area contributed by atoms with E-state index in [9.17, 15) is 4.79 Å². The van der Waals surface area contributed by atoms with Crippen molar-refractivity contribution in [3.63, 3.8) is 0 Å². The standard InChI is InChI=1S/C18H20N2OS/c1-13-4-8-16(9-5-13)12-19-20-18(21)15(3)22-17-10-6-14(2)7-11-17/h4-12,15H,1-3H3,(H,20,21)/b19-12-/t15-/m0/s1. The molecule has 2 aromatic carbocycles. The van der Waals surface area contributed by atoms with Gasteiger partial charge in [0.15, 0.2) is 0 Å². The van der Waals surface area contributed by atoms with Gasteiger partial charge < -0.3 is 0 Å². The van der Waals surface area contributed by atoms with E-state index >= 15 is 0 Å². The number of nitrogens with zero attached hydrogens (tertiary/aromatic N) is 1. The van der Waals surface area contributed by atoms with Gasteiger partial charge in [-0.15, -0.1) is 11.8 Å². The Balaban J connectivity index is 1.85. The summed E-state index contributed by atoms with van der Waals surface area (Å²) in [6.07, 6.45) is 1.65. The highest BCUT2D eigenvalue weighted by atomic mass is 32.2. The molecule has 3 nitrogen and oxygen atoms in total. The average Bonchev–Trinajstić information content (AvgIpc) is 2.51. The molecule has 0 aliphatic rings. The van der Waals surface area contributed by atoms with Crippen LogP contribution in [0, 0.1) is 13.8 Å². The lowest BCUT2D eigenvalue weighted by Gasteiger charge is -2.09. The summed E-state index contributed by atoms with van der Waals surface area (Å²) in [6, 6.07) is 16.1. The van der Waals surface area contributed by atoms with Crippen LogP contribution in [0.15, 0.2) is 58.5 Å². The lowest BCUT2D eigenvalue weighted by molar-refractivity contribution is -0.120. The van der Waals surface area contributed by atoms with Gasteiger partial charge >= 0.3 is 0 Å². The summed E-state index contributed by atoms with van der Waals surface area (Å²) >= 11 is 1.52. The largest absolute Gasteiger partial charge is 0.272 e. The highest BCUT2D eigenvalue weighted by Crippen LogP contribution is 2.23. The number of thioether (sulfide) groups is 1. The number of aryl methyl sites for hydroxylation is 2. The Kier molecular flexibility index (Phi) is 5.78. The quantitative estimate of drug-likeness (QED) is 0.516. The summed E-state index contributed by atoms with van der Waals surface area (Å²) in [5.41, 5.74) is 5.96. The molecular formula is C18H20N2OS.